The number of carboxylic acid groups (broad SMARTS) is 1. The van der Waals surface area contributed by atoms with Gasteiger partial charge in [-0.15, -0.1) is 0 Å². The highest BCUT2D eigenvalue weighted by atomic mass is 16.4. The number of hydrogen-bond donors (Lipinski definition) is 3. The number of aryl methyl sites for hydroxylation is 1. The minimum absolute atomic E-state index is 0.193. The normalized spacial score (nSPS) is 12.5. The number of benzene rings is 1. The summed E-state index contributed by atoms with van der Waals surface area (Å²) in [6.07, 6.45) is 0. The predicted octanol–water partition coefficient (Wildman–Crippen LogP) is 0.994. The van der Waals surface area contributed by atoms with Crippen LogP contribution < -0.4 is 5.73 Å². The van der Waals surface area contributed by atoms with Gasteiger partial charge in [-0.3, -0.25) is 0 Å². The van der Waals surface area contributed by atoms with Crippen LogP contribution in [-0.2, 0) is 0 Å². The third kappa shape index (κ3) is 2.34. The van der Waals surface area contributed by atoms with E-state index in [1.165, 1.54) is 6.07 Å². The lowest BCUT2D eigenvalue weighted by atomic mass is 9.96. The zero-order chi connectivity index (χ0) is 11.6. The van der Waals surface area contributed by atoms with Crippen molar-refractivity contribution in [3.05, 3.63) is 34.4 Å². The summed E-state index contributed by atoms with van der Waals surface area (Å²) in [6, 6.07) is 2.80. The van der Waals surface area contributed by atoms with E-state index in [4.69, 9.17) is 15.9 Å². The molecule has 0 aromatic heterocycles. The van der Waals surface area contributed by atoms with Gasteiger partial charge in [0.1, 0.15) is 0 Å². The molecule has 0 saturated carbocycles. The van der Waals surface area contributed by atoms with Gasteiger partial charge < -0.3 is 15.9 Å². The van der Waals surface area contributed by atoms with Crippen molar-refractivity contribution in [3.63, 3.8) is 0 Å². The maximum Gasteiger partial charge on any atom is 0.335 e. The molecule has 0 saturated heterocycles. The molecule has 0 aliphatic heterocycles. The van der Waals surface area contributed by atoms with E-state index in [1.54, 1.807) is 6.92 Å². The Morgan fingerprint density at radius 1 is 1.47 bits per heavy atom. The van der Waals surface area contributed by atoms with Crippen molar-refractivity contribution >= 4 is 5.97 Å². The van der Waals surface area contributed by atoms with Crippen LogP contribution >= 0.6 is 0 Å². The van der Waals surface area contributed by atoms with E-state index < -0.39 is 12.0 Å². The van der Waals surface area contributed by atoms with Crippen LogP contribution in [0.1, 0.15) is 33.1 Å². The molecule has 4 heteroatoms. The van der Waals surface area contributed by atoms with E-state index >= 15 is 0 Å². The minimum Gasteiger partial charge on any atom is -0.478 e. The summed E-state index contributed by atoms with van der Waals surface area (Å²) >= 11 is 0. The summed E-state index contributed by atoms with van der Waals surface area (Å²) in [5, 5.41) is 17.9. The Morgan fingerprint density at radius 2 is 2.07 bits per heavy atom. The Labute approximate surface area is 88.3 Å². The second kappa shape index (κ2) is 4.42. The van der Waals surface area contributed by atoms with Gasteiger partial charge >= 0.3 is 5.97 Å². The summed E-state index contributed by atoms with van der Waals surface area (Å²) in [7, 11) is 0. The third-order valence-corrected chi connectivity index (χ3v) is 2.54. The molecule has 1 aromatic carbocycles. The summed E-state index contributed by atoms with van der Waals surface area (Å²) in [5.41, 5.74) is 8.14. The van der Waals surface area contributed by atoms with Gasteiger partial charge in [0.25, 0.3) is 0 Å². The Bertz CT molecular complexity index is 388. The lowest BCUT2D eigenvalue weighted by Gasteiger charge is -2.13. The number of nitrogens with two attached hydrogens (primary N) is 1. The van der Waals surface area contributed by atoms with Crippen LogP contribution in [0.25, 0.3) is 0 Å². The molecule has 4 nitrogen and oxygen atoms in total. The molecule has 0 fully saturated rings. The average Bonchev–Trinajstić information content (AvgIpc) is 2.20. The molecular formula is C11H15NO3. The van der Waals surface area contributed by atoms with Crippen LogP contribution in [0.5, 0.6) is 0 Å². The molecule has 1 atom stereocenters. The second-order valence-corrected chi connectivity index (χ2v) is 3.60. The van der Waals surface area contributed by atoms with Gasteiger partial charge in [-0.1, -0.05) is 6.07 Å². The fourth-order valence-corrected chi connectivity index (χ4v) is 1.43. The van der Waals surface area contributed by atoms with Gasteiger partial charge in [0.2, 0.25) is 0 Å². The van der Waals surface area contributed by atoms with E-state index in [2.05, 4.69) is 0 Å². The van der Waals surface area contributed by atoms with Crippen LogP contribution in [0, 0.1) is 13.8 Å². The van der Waals surface area contributed by atoms with Crippen molar-refractivity contribution in [2.45, 2.75) is 19.9 Å². The van der Waals surface area contributed by atoms with Gasteiger partial charge in [-0.05, 0) is 36.6 Å². The molecular weight excluding hydrogens is 194 g/mol. The third-order valence-electron chi connectivity index (χ3n) is 2.54. The number of carboxylic acids is 1. The van der Waals surface area contributed by atoms with E-state index in [1.807, 2.05) is 13.0 Å². The number of aromatic carboxylic acids is 1. The molecule has 0 aliphatic rings. The van der Waals surface area contributed by atoms with E-state index in [9.17, 15) is 4.79 Å². The lowest BCUT2D eigenvalue weighted by molar-refractivity contribution is 0.0695. The SMILES string of the molecule is Cc1cc(C(N)CO)cc(C(=O)O)c1C. The Morgan fingerprint density at radius 3 is 2.53 bits per heavy atom. The number of aliphatic hydroxyl groups excluding tert-OH is 1. The minimum atomic E-state index is -0.970. The fraction of sp³-hybridized carbons (Fsp3) is 0.364. The molecule has 0 spiro atoms. The first-order valence-corrected chi connectivity index (χ1v) is 4.68. The summed E-state index contributed by atoms with van der Waals surface area (Å²) in [6.45, 7) is 3.39. The van der Waals surface area contributed by atoms with Crippen LogP contribution in [0.4, 0.5) is 0 Å². The van der Waals surface area contributed by atoms with Crippen molar-refractivity contribution in [1.29, 1.82) is 0 Å². The van der Waals surface area contributed by atoms with Crippen LogP contribution in [0.3, 0.4) is 0 Å². The van der Waals surface area contributed by atoms with Crippen molar-refractivity contribution < 1.29 is 15.0 Å². The zero-order valence-corrected chi connectivity index (χ0v) is 8.82. The summed E-state index contributed by atoms with van der Waals surface area (Å²) in [5.74, 6) is -0.970. The zero-order valence-electron chi connectivity index (χ0n) is 8.82. The van der Waals surface area contributed by atoms with Crippen LogP contribution in [-0.4, -0.2) is 22.8 Å². The lowest BCUT2D eigenvalue weighted by Crippen LogP contribution is -2.16. The largest absolute Gasteiger partial charge is 0.478 e. The topological polar surface area (TPSA) is 83.5 Å². The van der Waals surface area contributed by atoms with Gasteiger partial charge in [-0.25, -0.2) is 4.79 Å². The van der Waals surface area contributed by atoms with Gasteiger partial charge in [-0.2, -0.15) is 0 Å². The quantitative estimate of drug-likeness (QED) is 0.693. The average molecular weight is 209 g/mol. The Hall–Kier alpha value is -1.39. The first-order valence-electron chi connectivity index (χ1n) is 4.68. The maximum absolute atomic E-state index is 10.9. The Balaban J connectivity index is 3.29. The number of carbonyl (C=O) groups is 1. The standard InChI is InChI=1S/C11H15NO3/c1-6-3-8(10(12)5-13)4-9(7(6)2)11(14)15/h3-4,10,13H,5,12H2,1-2H3,(H,14,15). The summed E-state index contributed by atoms with van der Waals surface area (Å²) in [4.78, 5) is 10.9. The molecule has 0 bridgehead atoms. The van der Waals surface area contributed by atoms with E-state index in [0.29, 0.717) is 5.56 Å². The second-order valence-electron chi connectivity index (χ2n) is 3.60. The van der Waals surface area contributed by atoms with Gasteiger partial charge in [0.15, 0.2) is 0 Å². The number of aliphatic hydroxyl groups is 1. The number of hydrogen-bond acceptors (Lipinski definition) is 3. The van der Waals surface area contributed by atoms with Gasteiger partial charge in [0.05, 0.1) is 18.2 Å². The number of rotatable bonds is 3. The molecule has 4 N–H and O–H groups in total. The highest BCUT2D eigenvalue weighted by Crippen LogP contribution is 2.20. The molecule has 0 heterocycles. The van der Waals surface area contributed by atoms with E-state index in [0.717, 1.165) is 11.1 Å². The monoisotopic (exact) mass is 209 g/mol. The maximum atomic E-state index is 10.9. The molecule has 0 aliphatic carbocycles. The predicted molar refractivity (Wildman–Crippen MR) is 56.9 cm³/mol. The highest BCUT2D eigenvalue weighted by Gasteiger charge is 2.13. The van der Waals surface area contributed by atoms with Crippen molar-refractivity contribution in [3.8, 4) is 0 Å². The van der Waals surface area contributed by atoms with Crippen molar-refractivity contribution in [2.75, 3.05) is 6.61 Å². The molecule has 1 rings (SSSR count). The first kappa shape index (κ1) is 11.7. The fourth-order valence-electron chi connectivity index (χ4n) is 1.43. The molecule has 15 heavy (non-hydrogen) atoms. The smallest absolute Gasteiger partial charge is 0.335 e. The van der Waals surface area contributed by atoms with Crippen LogP contribution in [0.15, 0.2) is 12.1 Å². The molecule has 0 amide bonds. The molecule has 1 unspecified atom stereocenters. The van der Waals surface area contributed by atoms with Crippen LogP contribution in [0.2, 0.25) is 0 Å². The molecule has 0 radical (unpaired) electrons. The first-order chi connectivity index (χ1) is 6.97. The van der Waals surface area contributed by atoms with Crippen molar-refractivity contribution in [2.24, 2.45) is 5.73 Å². The van der Waals surface area contributed by atoms with Crippen molar-refractivity contribution in [1.82, 2.24) is 0 Å². The highest BCUT2D eigenvalue weighted by molar-refractivity contribution is 5.90. The van der Waals surface area contributed by atoms with Gasteiger partial charge in [0, 0.05) is 0 Å². The van der Waals surface area contributed by atoms with E-state index in [-0.39, 0.29) is 12.2 Å². The Kier molecular flexibility index (Phi) is 3.44. The summed E-state index contributed by atoms with van der Waals surface area (Å²) < 4.78 is 0. The molecule has 1 aromatic rings. The molecule has 82 valence electrons.